The standard InChI is InChI=1S/HIO4/c2-1(3)5-4/h4H. The summed E-state index contributed by atoms with van der Waals surface area (Å²) in [5.74, 6) is 0. The highest BCUT2D eigenvalue weighted by molar-refractivity contribution is 2.38. The Labute approximate surface area is 37.0 Å². The Kier molecular flexibility index (Phi) is 3.11. The van der Waals surface area contributed by atoms with Crippen LogP contribution < -0.4 is 27.9 Å². The quantitative estimate of drug-likeness (QED) is 0.255. The summed E-state index contributed by atoms with van der Waals surface area (Å²) in [7, 11) is 0. The molecule has 1 N–H and O–H groups in total. The maximum absolute atomic E-state index is 9.02. The van der Waals surface area contributed by atoms with E-state index in [0.717, 1.165) is 0 Å². The summed E-state index contributed by atoms with van der Waals surface area (Å²) in [5.41, 5.74) is 0. The smallest absolute Gasteiger partial charge is 0.393 e. The van der Waals surface area contributed by atoms with Crippen molar-refractivity contribution >= 4 is 0 Å². The van der Waals surface area contributed by atoms with Crippen molar-refractivity contribution in [3.63, 3.8) is 0 Å². The van der Waals surface area contributed by atoms with Crippen LogP contribution in [0.5, 0.6) is 0 Å². The van der Waals surface area contributed by atoms with Gasteiger partial charge in [-0.1, -0.05) is 0 Å². The van der Waals surface area contributed by atoms with Crippen molar-refractivity contribution in [3.8, 4) is 0 Å². The zero-order valence-electron chi connectivity index (χ0n) is 2.05. The zero-order valence-corrected chi connectivity index (χ0v) is 4.21. The average Bonchev–Trinajstić information content (AvgIpc) is 1.38. The number of halogens is 1. The minimum Gasteiger partial charge on any atom is -0.393 e. The Morgan fingerprint density at radius 1 is 1.60 bits per heavy atom. The van der Waals surface area contributed by atoms with E-state index in [1.54, 1.807) is 0 Å². The SMILES string of the molecule is [O-][I+2]([O-])OO. The topological polar surface area (TPSA) is 75.6 Å². The average molecular weight is 192 g/mol. The minimum atomic E-state index is -3.73. The molecule has 0 bridgehead atoms. The Bertz CT molecular complexity index is 17.6. The Morgan fingerprint density at radius 2 is 1.80 bits per heavy atom. The molecule has 0 saturated heterocycles. The van der Waals surface area contributed by atoms with Crippen molar-refractivity contribution in [3.05, 3.63) is 0 Å². The molecule has 0 aliphatic rings. The van der Waals surface area contributed by atoms with E-state index in [1.807, 2.05) is 0 Å². The van der Waals surface area contributed by atoms with Gasteiger partial charge >= 0.3 is 21.1 Å². The highest BCUT2D eigenvalue weighted by Crippen LogP contribution is 1.02. The van der Waals surface area contributed by atoms with Crippen molar-refractivity contribution in [1.82, 2.24) is 0 Å². The van der Waals surface area contributed by atoms with Gasteiger partial charge in [-0.05, 0) is 0 Å². The lowest BCUT2D eigenvalue weighted by Crippen LogP contribution is -3.98. The first-order valence-corrected chi connectivity index (χ1v) is 3.29. The van der Waals surface area contributed by atoms with Gasteiger partial charge in [0.25, 0.3) is 0 Å². The largest absolute Gasteiger partial charge is 0.550 e. The second-order valence-corrected chi connectivity index (χ2v) is 1.73. The van der Waals surface area contributed by atoms with Crippen LogP contribution in [-0.2, 0) is 3.22 Å². The Morgan fingerprint density at radius 3 is 1.80 bits per heavy atom. The van der Waals surface area contributed by atoms with E-state index < -0.39 is 21.1 Å². The second kappa shape index (κ2) is 2.79. The Balaban J connectivity index is 2.54. The summed E-state index contributed by atoms with van der Waals surface area (Å²) in [6.45, 7) is 0. The van der Waals surface area contributed by atoms with E-state index in [2.05, 4.69) is 3.22 Å². The first-order chi connectivity index (χ1) is 2.27. The summed E-state index contributed by atoms with van der Waals surface area (Å²) >= 11 is -3.73. The van der Waals surface area contributed by atoms with Gasteiger partial charge in [-0.2, -0.15) is 5.26 Å². The van der Waals surface area contributed by atoms with Crippen LogP contribution in [0.3, 0.4) is 0 Å². The molecule has 32 valence electrons. The lowest BCUT2D eigenvalue weighted by Gasteiger charge is -1.74. The minimum absolute atomic E-state index is 2.80. The van der Waals surface area contributed by atoms with Gasteiger partial charge < -0.3 is 6.87 Å². The van der Waals surface area contributed by atoms with Crippen LogP contribution in [0.15, 0.2) is 0 Å². The molecule has 5 heavy (non-hydrogen) atoms. The third-order valence-electron chi connectivity index (χ3n) is 0.0563. The maximum Gasteiger partial charge on any atom is 0.550 e. The molecule has 0 radical (unpaired) electrons. The normalized spacial score (nSPS) is 9.60. The van der Waals surface area contributed by atoms with Crippen LogP contribution in [0.4, 0.5) is 0 Å². The molecule has 0 unspecified atom stereocenters. The van der Waals surface area contributed by atoms with Crippen molar-refractivity contribution in [1.29, 1.82) is 0 Å². The molecule has 0 amide bonds. The molecule has 0 atom stereocenters. The number of hydrogen-bond donors (Lipinski definition) is 1. The molecule has 0 aromatic rings. The molecule has 0 spiro atoms. The van der Waals surface area contributed by atoms with E-state index in [-0.39, 0.29) is 0 Å². The zero-order chi connectivity index (χ0) is 4.28. The summed E-state index contributed by atoms with van der Waals surface area (Å²) in [6, 6.07) is 0. The summed E-state index contributed by atoms with van der Waals surface area (Å²) < 4.78 is 20.8. The summed E-state index contributed by atoms with van der Waals surface area (Å²) in [4.78, 5) is 0. The molecule has 0 aromatic carbocycles. The van der Waals surface area contributed by atoms with E-state index >= 15 is 0 Å². The third kappa shape index (κ3) is 4.57. The van der Waals surface area contributed by atoms with E-state index in [4.69, 9.17) is 12.1 Å². The van der Waals surface area contributed by atoms with Crippen molar-refractivity contribution in [2.45, 2.75) is 0 Å². The fourth-order valence-corrected chi connectivity index (χ4v) is 0. The summed E-state index contributed by atoms with van der Waals surface area (Å²) in [5, 5.41) is 7.09. The van der Waals surface area contributed by atoms with Gasteiger partial charge in [0.15, 0.2) is 0 Å². The molecule has 0 aromatic heterocycles. The van der Waals surface area contributed by atoms with Gasteiger partial charge in [-0.25, -0.2) is 0 Å². The lowest BCUT2D eigenvalue weighted by molar-refractivity contribution is -1.64. The van der Waals surface area contributed by atoms with Crippen LogP contribution in [0.1, 0.15) is 0 Å². The van der Waals surface area contributed by atoms with Gasteiger partial charge in [0.1, 0.15) is 3.22 Å². The molecule has 0 saturated carbocycles. The van der Waals surface area contributed by atoms with Gasteiger partial charge in [-0.3, -0.25) is 0 Å². The van der Waals surface area contributed by atoms with E-state index in [0.29, 0.717) is 0 Å². The fraction of sp³-hybridized carbons (Fsp3) is 0. The van der Waals surface area contributed by atoms with Crippen LogP contribution in [0.2, 0.25) is 0 Å². The van der Waals surface area contributed by atoms with Crippen LogP contribution in [0, 0.1) is 0 Å². The van der Waals surface area contributed by atoms with Crippen LogP contribution in [0.25, 0.3) is 0 Å². The highest BCUT2D eigenvalue weighted by Gasteiger charge is 2.05. The predicted octanol–water partition coefficient (Wildman–Crippen LogP) is -5.43. The molecule has 0 aliphatic carbocycles. The van der Waals surface area contributed by atoms with E-state index in [1.165, 1.54) is 0 Å². The van der Waals surface area contributed by atoms with Crippen molar-refractivity contribution in [2.24, 2.45) is 0 Å². The third-order valence-corrected chi connectivity index (χ3v) is 0.378. The monoisotopic (exact) mass is 192 g/mol. The number of rotatable bonds is 1. The Hall–Kier alpha value is 0.570. The van der Waals surface area contributed by atoms with Crippen LogP contribution in [-0.4, -0.2) is 5.26 Å². The van der Waals surface area contributed by atoms with Crippen molar-refractivity contribution < 1.29 is 36.4 Å². The van der Waals surface area contributed by atoms with Gasteiger partial charge in [0.05, 0.1) is 0 Å². The van der Waals surface area contributed by atoms with Crippen LogP contribution >= 0.6 is 0 Å². The first kappa shape index (κ1) is 5.57. The van der Waals surface area contributed by atoms with Gasteiger partial charge in [-0.15, -0.1) is 0 Å². The van der Waals surface area contributed by atoms with Gasteiger partial charge in [0, 0.05) is 0 Å². The summed E-state index contributed by atoms with van der Waals surface area (Å²) in [6.07, 6.45) is 0. The number of hydrogen-bond acceptors (Lipinski definition) is 4. The molecular formula is HIO4. The molecule has 5 heteroatoms. The molecule has 4 nitrogen and oxygen atoms in total. The molecule has 0 heterocycles. The second-order valence-electron chi connectivity index (χ2n) is 0.258. The molecule has 0 rings (SSSR count). The lowest BCUT2D eigenvalue weighted by atomic mass is 15.0. The first-order valence-electron chi connectivity index (χ1n) is 0.645. The molecule has 0 aliphatic heterocycles. The molecule has 0 fully saturated rings. The van der Waals surface area contributed by atoms with E-state index in [9.17, 15) is 0 Å². The van der Waals surface area contributed by atoms with Gasteiger partial charge in [0.2, 0.25) is 0 Å². The highest BCUT2D eigenvalue weighted by atomic mass is 127. The predicted molar refractivity (Wildman–Crippen MR) is 3.71 cm³/mol. The fourth-order valence-electron chi connectivity index (χ4n) is 0. The molecular weight excluding hydrogens is 191 g/mol. The van der Waals surface area contributed by atoms with Crippen molar-refractivity contribution in [2.75, 3.05) is 0 Å². The maximum atomic E-state index is 9.02.